The van der Waals surface area contributed by atoms with E-state index in [1.807, 2.05) is 116 Å². The Bertz CT molecular complexity index is 1090. The van der Waals surface area contributed by atoms with Crippen molar-refractivity contribution in [2.24, 2.45) is 0 Å². The second-order valence-corrected chi connectivity index (χ2v) is 13.9. The van der Waals surface area contributed by atoms with Gasteiger partial charge in [0.05, 0.1) is 77.0 Å². The molecule has 4 rings (SSSR count). The lowest BCUT2D eigenvalue weighted by molar-refractivity contribution is -0.108. The third kappa shape index (κ3) is 14.5. The average Bonchev–Trinajstić information content (AvgIpc) is 2.96. The maximum atomic E-state index is 12.2. The lowest BCUT2D eigenvalue weighted by Crippen LogP contribution is -2.51. The normalized spacial score (nSPS) is 22.0. The summed E-state index contributed by atoms with van der Waals surface area (Å²) >= 11 is 0. The van der Waals surface area contributed by atoms with Crippen LogP contribution in [0.1, 0.15) is 66.5 Å². The van der Waals surface area contributed by atoms with Gasteiger partial charge in [-0.05, 0) is 66.5 Å². The Morgan fingerprint density at radius 2 is 0.978 bits per heavy atom. The largest absolute Gasteiger partial charge is 0.444 e. The molecule has 0 spiro atoms. The third-order valence-electron chi connectivity index (χ3n) is 6.79. The summed E-state index contributed by atoms with van der Waals surface area (Å²) in [5, 5.41) is 0. The van der Waals surface area contributed by atoms with Gasteiger partial charge in [-0.25, -0.2) is 9.59 Å². The van der Waals surface area contributed by atoms with E-state index >= 15 is 0 Å². The van der Waals surface area contributed by atoms with E-state index in [0.717, 1.165) is 11.1 Å². The molecule has 0 radical (unpaired) electrons. The van der Waals surface area contributed by atoms with Crippen molar-refractivity contribution in [1.82, 2.24) is 9.80 Å². The molecular formula is C36H54N2O8. The molecule has 2 amide bonds. The van der Waals surface area contributed by atoms with Crippen LogP contribution >= 0.6 is 0 Å². The lowest BCUT2D eigenvalue weighted by Gasteiger charge is -2.37. The van der Waals surface area contributed by atoms with Gasteiger partial charge < -0.3 is 38.2 Å². The quantitative estimate of drug-likeness (QED) is 0.324. The number of rotatable bonds is 8. The van der Waals surface area contributed by atoms with Crippen LogP contribution in [0.25, 0.3) is 0 Å². The van der Waals surface area contributed by atoms with Crippen LogP contribution < -0.4 is 0 Å². The molecule has 0 saturated carbocycles. The first-order valence-electron chi connectivity index (χ1n) is 16.2. The zero-order chi connectivity index (χ0) is 33.7. The number of hydrogen-bond donors (Lipinski definition) is 0. The fourth-order valence-corrected chi connectivity index (χ4v) is 4.99. The van der Waals surface area contributed by atoms with Crippen molar-refractivity contribution in [3.05, 3.63) is 71.8 Å². The van der Waals surface area contributed by atoms with E-state index in [9.17, 15) is 9.59 Å². The zero-order valence-corrected chi connectivity index (χ0v) is 28.9. The predicted octanol–water partition coefficient (Wildman–Crippen LogP) is 6.46. The van der Waals surface area contributed by atoms with Crippen LogP contribution in [0.3, 0.4) is 0 Å². The molecule has 2 aromatic carbocycles. The highest BCUT2D eigenvalue weighted by Gasteiger charge is 2.32. The lowest BCUT2D eigenvalue weighted by atomic mass is 10.2. The van der Waals surface area contributed by atoms with E-state index in [1.165, 1.54) is 0 Å². The zero-order valence-electron chi connectivity index (χ0n) is 28.9. The molecule has 10 nitrogen and oxygen atoms in total. The third-order valence-corrected chi connectivity index (χ3v) is 6.79. The second-order valence-electron chi connectivity index (χ2n) is 13.9. The van der Waals surface area contributed by atoms with Gasteiger partial charge in [-0.3, -0.25) is 0 Å². The van der Waals surface area contributed by atoms with Crippen LogP contribution in [-0.2, 0) is 41.6 Å². The summed E-state index contributed by atoms with van der Waals surface area (Å²) in [6.45, 7) is 19.2. The van der Waals surface area contributed by atoms with Crippen LogP contribution in [-0.4, -0.2) is 97.0 Å². The highest BCUT2D eigenvalue weighted by atomic mass is 16.6. The number of ether oxygens (including phenoxy) is 6. The van der Waals surface area contributed by atoms with Gasteiger partial charge in [-0.2, -0.15) is 0 Å². The molecule has 2 aliphatic heterocycles. The van der Waals surface area contributed by atoms with Gasteiger partial charge in [0.25, 0.3) is 0 Å². The summed E-state index contributed by atoms with van der Waals surface area (Å²) in [6.07, 6.45) is -0.894. The molecule has 256 valence electrons. The van der Waals surface area contributed by atoms with Gasteiger partial charge in [0.1, 0.15) is 11.2 Å². The summed E-state index contributed by atoms with van der Waals surface area (Å²) in [5.74, 6) is 0. The predicted molar refractivity (Wildman–Crippen MR) is 176 cm³/mol. The molecule has 0 unspecified atom stereocenters. The van der Waals surface area contributed by atoms with Crippen molar-refractivity contribution >= 4 is 12.2 Å². The highest BCUT2D eigenvalue weighted by Crippen LogP contribution is 2.18. The maximum Gasteiger partial charge on any atom is 0.410 e. The summed E-state index contributed by atoms with van der Waals surface area (Å²) < 4.78 is 34.1. The summed E-state index contributed by atoms with van der Waals surface area (Å²) in [5.41, 5.74) is 1.27. The molecule has 2 heterocycles. The van der Waals surface area contributed by atoms with Gasteiger partial charge in [0.15, 0.2) is 0 Å². The van der Waals surface area contributed by atoms with E-state index in [4.69, 9.17) is 28.4 Å². The second kappa shape index (κ2) is 17.7. The molecular weight excluding hydrogens is 588 g/mol. The fraction of sp³-hybridized carbons (Fsp3) is 0.611. The van der Waals surface area contributed by atoms with E-state index in [0.29, 0.717) is 52.6 Å². The Morgan fingerprint density at radius 3 is 1.30 bits per heavy atom. The van der Waals surface area contributed by atoms with Crippen LogP contribution in [0.15, 0.2) is 60.7 Å². The molecule has 2 fully saturated rings. The minimum atomic E-state index is -0.488. The number of hydrogen-bond acceptors (Lipinski definition) is 8. The summed E-state index contributed by atoms with van der Waals surface area (Å²) in [4.78, 5) is 27.8. The Morgan fingerprint density at radius 1 is 0.630 bits per heavy atom. The molecule has 0 aliphatic carbocycles. The fourth-order valence-electron chi connectivity index (χ4n) is 4.99. The van der Waals surface area contributed by atoms with E-state index in [-0.39, 0.29) is 36.6 Å². The number of carbonyl (C=O) groups is 2. The number of carbonyl (C=O) groups excluding carboxylic acids is 2. The molecule has 2 aromatic rings. The van der Waals surface area contributed by atoms with Gasteiger partial charge >= 0.3 is 12.2 Å². The SMILES string of the molecule is C[C@@H]1CN(C(=O)OC(C)(C)C)C[C@@H](COCc2ccccc2)O1.C[C@H]1CN(C(=O)OC(C)(C)C)C[C@@H](COCc2ccccc2)O1. The van der Waals surface area contributed by atoms with Crippen molar-refractivity contribution < 1.29 is 38.0 Å². The Labute approximate surface area is 275 Å². The molecule has 2 saturated heterocycles. The van der Waals surface area contributed by atoms with Crippen LogP contribution in [0.2, 0.25) is 0 Å². The Hall–Kier alpha value is -3.18. The molecule has 0 aromatic heterocycles. The average molecular weight is 643 g/mol. The monoisotopic (exact) mass is 642 g/mol. The van der Waals surface area contributed by atoms with Crippen LogP contribution in [0.5, 0.6) is 0 Å². The highest BCUT2D eigenvalue weighted by molar-refractivity contribution is 5.68. The minimum Gasteiger partial charge on any atom is -0.444 e. The minimum absolute atomic E-state index is 0.0263. The molecule has 0 bridgehead atoms. The number of nitrogens with zero attached hydrogens (tertiary/aromatic N) is 2. The van der Waals surface area contributed by atoms with E-state index in [1.54, 1.807) is 9.80 Å². The van der Waals surface area contributed by atoms with Crippen molar-refractivity contribution in [2.45, 2.75) is 104 Å². The van der Waals surface area contributed by atoms with Crippen molar-refractivity contribution in [2.75, 3.05) is 39.4 Å². The summed E-state index contributed by atoms with van der Waals surface area (Å²) in [6, 6.07) is 20.0. The summed E-state index contributed by atoms with van der Waals surface area (Å²) in [7, 11) is 0. The van der Waals surface area contributed by atoms with Crippen LogP contribution in [0, 0.1) is 0 Å². The Balaban J connectivity index is 0.000000250. The topological polar surface area (TPSA) is 96.0 Å². The first kappa shape index (κ1) is 37.3. The smallest absolute Gasteiger partial charge is 0.410 e. The Kier molecular flexibility index (Phi) is 14.3. The molecule has 46 heavy (non-hydrogen) atoms. The van der Waals surface area contributed by atoms with Gasteiger partial charge in [-0.1, -0.05) is 60.7 Å². The number of morpholine rings is 2. The molecule has 10 heteroatoms. The molecule has 4 atom stereocenters. The standard InChI is InChI=1S/2C18H27NO4/c2*1-14-10-19(17(20)23-18(2,3)4)11-16(22-14)13-21-12-15-8-6-5-7-9-15/h2*5-9,14,16H,10-13H2,1-4H3/t14-,16+;14-,16-/m10/s1. The molecule has 2 aliphatic rings. The van der Waals surface area contributed by atoms with Crippen molar-refractivity contribution in [1.29, 1.82) is 0 Å². The van der Waals surface area contributed by atoms with Crippen molar-refractivity contribution in [3.8, 4) is 0 Å². The molecule has 0 N–H and O–H groups in total. The first-order chi connectivity index (χ1) is 21.7. The van der Waals surface area contributed by atoms with E-state index in [2.05, 4.69) is 0 Å². The maximum absolute atomic E-state index is 12.2. The first-order valence-corrected chi connectivity index (χ1v) is 16.2. The van der Waals surface area contributed by atoms with Gasteiger partial charge in [-0.15, -0.1) is 0 Å². The number of amides is 2. The van der Waals surface area contributed by atoms with Gasteiger partial charge in [0.2, 0.25) is 0 Å². The number of benzene rings is 2. The van der Waals surface area contributed by atoms with Gasteiger partial charge in [0, 0.05) is 0 Å². The van der Waals surface area contributed by atoms with E-state index < -0.39 is 11.2 Å². The van der Waals surface area contributed by atoms with Crippen LogP contribution in [0.4, 0.5) is 9.59 Å². The van der Waals surface area contributed by atoms with Crippen molar-refractivity contribution in [3.63, 3.8) is 0 Å².